The Labute approximate surface area is 204 Å². The number of piperazine rings is 1. The summed E-state index contributed by atoms with van der Waals surface area (Å²) < 4.78 is 0. The molecule has 0 unspecified atom stereocenters. The van der Waals surface area contributed by atoms with Crippen LogP contribution in [0.4, 0.5) is 11.4 Å². The molecule has 182 valence electrons. The average Bonchev–Trinajstić information content (AvgIpc) is 3.32. The van der Waals surface area contributed by atoms with Crippen LogP contribution < -0.4 is 9.80 Å². The highest BCUT2D eigenvalue weighted by Gasteiger charge is 2.32. The number of rotatable bonds is 6. The number of anilines is 2. The zero-order valence-corrected chi connectivity index (χ0v) is 22.1. The Bertz CT molecular complexity index is 691. The maximum Gasteiger partial charge on any atom is 0.0423 e. The van der Waals surface area contributed by atoms with Crippen molar-refractivity contribution in [2.75, 3.05) is 55.6 Å². The second kappa shape index (κ2) is 11.5. The van der Waals surface area contributed by atoms with Crippen LogP contribution in [0.1, 0.15) is 90.5 Å². The van der Waals surface area contributed by atoms with E-state index in [1.54, 1.807) is 11.3 Å². The molecule has 2 aliphatic heterocycles. The lowest BCUT2D eigenvalue weighted by molar-refractivity contribution is 0.169. The van der Waals surface area contributed by atoms with E-state index in [0.717, 1.165) is 11.8 Å². The van der Waals surface area contributed by atoms with Crippen LogP contribution in [0.3, 0.4) is 0 Å². The Hall–Kier alpha value is -0.930. The zero-order chi connectivity index (χ0) is 21.8. The Morgan fingerprint density at radius 1 is 0.844 bits per heavy atom. The normalized spacial score (nSPS) is 25.1. The summed E-state index contributed by atoms with van der Waals surface area (Å²) in [5.74, 6) is 1.64. The first kappa shape index (κ1) is 25.7. The van der Waals surface area contributed by atoms with E-state index >= 15 is 0 Å². The molecule has 0 spiro atoms. The van der Waals surface area contributed by atoms with Gasteiger partial charge in [-0.25, -0.2) is 0 Å². The minimum Gasteiger partial charge on any atom is -0.371 e. The monoisotopic (exact) mass is 461 g/mol. The molecule has 2 heterocycles. The molecule has 1 aromatic rings. The topological polar surface area (TPSA) is 9.72 Å². The fraction of sp³-hybridized carbons (Fsp3) is 0.786. The summed E-state index contributed by atoms with van der Waals surface area (Å²) in [5, 5.41) is 0. The van der Waals surface area contributed by atoms with Crippen LogP contribution >= 0.6 is 12.4 Å². The summed E-state index contributed by atoms with van der Waals surface area (Å²) in [6.45, 7) is 18.2. The maximum atomic E-state index is 2.73. The molecule has 0 aromatic heterocycles. The lowest BCUT2D eigenvalue weighted by Gasteiger charge is -2.40. The molecule has 3 fully saturated rings. The van der Waals surface area contributed by atoms with Gasteiger partial charge in [-0.05, 0) is 86.4 Å². The third-order valence-electron chi connectivity index (χ3n) is 8.42. The van der Waals surface area contributed by atoms with Crippen molar-refractivity contribution in [3.63, 3.8) is 0 Å². The van der Waals surface area contributed by atoms with Gasteiger partial charge in [0.05, 0.1) is 0 Å². The van der Waals surface area contributed by atoms with E-state index in [-0.39, 0.29) is 12.4 Å². The second-order valence-corrected chi connectivity index (χ2v) is 11.5. The summed E-state index contributed by atoms with van der Waals surface area (Å²) in [4.78, 5) is 8.02. The molecular formula is C28H48ClN3. The Balaban J connectivity index is 0.00000289. The number of benzene rings is 1. The van der Waals surface area contributed by atoms with Crippen LogP contribution in [-0.2, 0) is 0 Å². The predicted octanol–water partition coefficient (Wildman–Crippen LogP) is 6.95. The van der Waals surface area contributed by atoms with E-state index in [1.165, 1.54) is 103 Å². The summed E-state index contributed by atoms with van der Waals surface area (Å²) in [6, 6.07) is 7.53. The number of hydrogen-bond donors (Lipinski definition) is 0. The van der Waals surface area contributed by atoms with Gasteiger partial charge in [0.1, 0.15) is 0 Å². The number of hydrogen-bond acceptors (Lipinski definition) is 3. The van der Waals surface area contributed by atoms with Gasteiger partial charge in [0, 0.05) is 50.6 Å². The van der Waals surface area contributed by atoms with Gasteiger partial charge in [-0.1, -0.05) is 40.2 Å². The molecule has 0 N–H and O–H groups in total. The molecule has 1 saturated carbocycles. The van der Waals surface area contributed by atoms with Crippen LogP contribution in [0.2, 0.25) is 0 Å². The van der Waals surface area contributed by atoms with Gasteiger partial charge in [0.25, 0.3) is 0 Å². The van der Waals surface area contributed by atoms with Crippen molar-refractivity contribution in [1.29, 1.82) is 0 Å². The highest BCUT2D eigenvalue weighted by Crippen LogP contribution is 2.46. The van der Waals surface area contributed by atoms with Crippen molar-refractivity contribution in [2.45, 2.75) is 85.0 Å². The summed E-state index contributed by atoms with van der Waals surface area (Å²) in [7, 11) is 0. The van der Waals surface area contributed by atoms with E-state index in [4.69, 9.17) is 0 Å². The third-order valence-corrected chi connectivity index (χ3v) is 8.42. The van der Waals surface area contributed by atoms with Gasteiger partial charge in [-0.2, -0.15) is 0 Å². The molecule has 1 aromatic carbocycles. The lowest BCUT2D eigenvalue weighted by Crippen LogP contribution is -2.47. The van der Waals surface area contributed by atoms with Crippen molar-refractivity contribution >= 4 is 23.8 Å². The summed E-state index contributed by atoms with van der Waals surface area (Å²) >= 11 is 0. The largest absolute Gasteiger partial charge is 0.371 e. The second-order valence-electron chi connectivity index (χ2n) is 11.5. The lowest BCUT2D eigenvalue weighted by atomic mass is 9.68. The standard InChI is InChI=1S/C28H47N3.ClH/c1-5-6-15-29-18-20-31(21-19-29)27-22-25(30-16-7-8-17-30)13-14-26(27)23-9-11-24(12-10-23)28(2,3)4;/h13-14,22-24H,5-12,15-21H2,1-4H3;1H. The highest BCUT2D eigenvalue weighted by atomic mass is 35.5. The molecule has 2 saturated heterocycles. The van der Waals surface area contributed by atoms with Crippen molar-refractivity contribution in [3.05, 3.63) is 23.8 Å². The van der Waals surface area contributed by atoms with Gasteiger partial charge in [0.2, 0.25) is 0 Å². The van der Waals surface area contributed by atoms with E-state index in [2.05, 4.69) is 60.6 Å². The van der Waals surface area contributed by atoms with Gasteiger partial charge in [0.15, 0.2) is 0 Å². The van der Waals surface area contributed by atoms with Gasteiger partial charge >= 0.3 is 0 Å². The van der Waals surface area contributed by atoms with Crippen molar-refractivity contribution in [2.24, 2.45) is 11.3 Å². The first-order chi connectivity index (χ1) is 15.0. The predicted molar refractivity (Wildman–Crippen MR) is 143 cm³/mol. The third kappa shape index (κ3) is 6.14. The summed E-state index contributed by atoms with van der Waals surface area (Å²) in [5.41, 5.74) is 5.14. The molecule has 1 aliphatic carbocycles. The SMILES string of the molecule is CCCCN1CCN(c2cc(N3CCCC3)ccc2C2CCC(C(C)(C)C)CC2)CC1.Cl. The highest BCUT2D eigenvalue weighted by molar-refractivity contribution is 5.85. The fourth-order valence-electron chi connectivity index (χ4n) is 6.19. The molecule has 0 amide bonds. The van der Waals surface area contributed by atoms with Crippen molar-refractivity contribution < 1.29 is 0 Å². The van der Waals surface area contributed by atoms with Gasteiger partial charge in [-0.15, -0.1) is 12.4 Å². The molecule has 0 bridgehead atoms. The maximum absolute atomic E-state index is 2.73. The first-order valence-electron chi connectivity index (χ1n) is 13.3. The van der Waals surface area contributed by atoms with E-state index < -0.39 is 0 Å². The quantitative estimate of drug-likeness (QED) is 0.453. The van der Waals surface area contributed by atoms with Gasteiger partial charge < -0.3 is 9.80 Å². The van der Waals surface area contributed by atoms with E-state index in [9.17, 15) is 0 Å². The van der Waals surface area contributed by atoms with E-state index in [0.29, 0.717) is 5.41 Å². The van der Waals surface area contributed by atoms with E-state index in [1.807, 2.05) is 0 Å². The van der Waals surface area contributed by atoms with Crippen LogP contribution in [-0.4, -0.2) is 50.7 Å². The molecule has 4 heteroatoms. The Morgan fingerprint density at radius 2 is 1.50 bits per heavy atom. The first-order valence-corrected chi connectivity index (χ1v) is 13.3. The Kier molecular flexibility index (Phi) is 9.21. The minimum absolute atomic E-state index is 0. The molecular weight excluding hydrogens is 414 g/mol. The molecule has 0 radical (unpaired) electrons. The molecule has 4 rings (SSSR count). The number of unbranched alkanes of at least 4 members (excludes halogenated alkanes) is 1. The number of nitrogens with zero attached hydrogens (tertiary/aromatic N) is 3. The smallest absolute Gasteiger partial charge is 0.0423 e. The van der Waals surface area contributed by atoms with Crippen LogP contribution in [0.25, 0.3) is 0 Å². The molecule has 0 atom stereocenters. The van der Waals surface area contributed by atoms with Crippen LogP contribution in [0.15, 0.2) is 18.2 Å². The van der Waals surface area contributed by atoms with Crippen LogP contribution in [0.5, 0.6) is 0 Å². The van der Waals surface area contributed by atoms with Crippen molar-refractivity contribution in [3.8, 4) is 0 Å². The minimum atomic E-state index is 0. The zero-order valence-electron chi connectivity index (χ0n) is 21.2. The van der Waals surface area contributed by atoms with Crippen LogP contribution in [0, 0.1) is 11.3 Å². The average molecular weight is 462 g/mol. The fourth-order valence-corrected chi connectivity index (χ4v) is 6.19. The molecule has 3 aliphatic rings. The number of halogens is 1. The Morgan fingerprint density at radius 3 is 2.09 bits per heavy atom. The van der Waals surface area contributed by atoms with Gasteiger partial charge in [-0.3, -0.25) is 4.90 Å². The summed E-state index contributed by atoms with van der Waals surface area (Å²) in [6.07, 6.45) is 10.9. The van der Waals surface area contributed by atoms with Crippen molar-refractivity contribution in [1.82, 2.24) is 4.90 Å². The molecule has 32 heavy (non-hydrogen) atoms. The molecule has 3 nitrogen and oxygen atoms in total.